The number of rotatable bonds is 5. The molecule has 1 aliphatic heterocycles. The van der Waals surface area contributed by atoms with Crippen molar-refractivity contribution in [3.63, 3.8) is 0 Å². The van der Waals surface area contributed by atoms with Crippen LogP contribution in [0.1, 0.15) is 26.7 Å². The Morgan fingerprint density at radius 1 is 1.35 bits per heavy atom. The summed E-state index contributed by atoms with van der Waals surface area (Å²) in [6.07, 6.45) is 1.81. The molecule has 0 atom stereocenters. The Hall–Kier alpha value is -1.27. The topological polar surface area (TPSA) is 81.4 Å². The molecule has 20 heavy (non-hydrogen) atoms. The average molecular weight is 298 g/mol. The number of nitrogens with one attached hydrogen (secondary N) is 1. The third-order valence-electron chi connectivity index (χ3n) is 3.91. The molecule has 1 aromatic carbocycles. The fourth-order valence-electron chi connectivity index (χ4n) is 2.37. The largest absolute Gasteiger partial charge is 0.483 e. The second kappa shape index (κ2) is 5.61. The number of nitrogens with two attached hydrogens (primary N) is 1. The molecular formula is C14H22N2O3S. The molecule has 112 valence electrons. The molecule has 0 radical (unpaired) electrons. The van der Waals surface area contributed by atoms with E-state index in [4.69, 9.17) is 10.5 Å². The van der Waals surface area contributed by atoms with Gasteiger partial charge in [-0.15, -0.1) is 0 Å². The second-order valence-electron chi connectivity index (χ2n) is 5.11. The Bertz CT molecular complexity index is 580. The van der Waals surface area contributed by atoms with Crippen LogP contribution >= 0.6 is 0 Å². The van der Waals surface area contributed by atoms with E-state index < -0.39 is 9.84 Å². The van der Waals surface area contributed by atoms with E-state index in [1.807, 2.05) is 0 Å². The minimum Gasteiger partial charge on any atom is -0.483 e. The van der Waals surface area contributed by atoms with Crippen molar-refractivity contribution in [2.24, 2.45) is 5.73 Å². The maximum atomic E-state index is 12.0. The number of ether oxygens (including phenoxy) is 1. The first kappa shape index (κ1) is 15.1. The molecule has 0 unspecified atom stereocenters. The van der Waals surface area contributed by atoms with Crippen molar-refractivity contribution in [3.8, 4) is 5.75 Å². The molecule has 0 amide bonds. The normalized spacial score (nSPS) is 16.9. The van der Waals surface area contributed by atoms with E-state index in [0.717, 1.165) is 18.5 Å². The summed E-state index contributed by atoms with van der Waals surface area (Å²) in [5.74, 6) is 0.673. The van der Waals surface area contributed by atoms with Gasteiger partial charge in [0.05, 0.1) is 22.9 Å². The quantitative estimate of drug-likeness (QED) is 0.866. The van der Waals surface area contributed by atoms with Crippen LogP contribution in [0, 0.1) is 0 Å². The van der Waals surface area contributed by atoms with Crippen LogP contribution in [0.5, 0.6) is 5.75 Å². The lowest BCUT2D eigenvalue weighted by Gasteiger charge is -2.38. The van der Waals surface area contributed by atoms with Crippen molar-refractivity contribution < 1.29 is 13.2 Å². The smallest absolute Gasteiger partial charge is 0.179 e. The van der Waals surface area contributed by atoms with E-state index in [1.54, 1.807) is 18.2 Å². The van der Waals surface area contributed by atoms with Crippen molar-refractivity contribution in [1.29, 1.82) is 0 Å². The summed E-state index contributed by atoms with van der Waals surface area (Å²) in [6, 6.07) is 4.95. The molecule has 1 aromatic rings. The molecule has 2 rings (SSSR count). The Labute approximate surface area is 120 Å². The standard InChI is InChI=1S/C14H22N2O3S/c1-3-14(4-2)10-16-12-9-11(5-6-13(12)19-14)20(17,18)8-7-15/h5-6,9,16H,3-4,7-8,10,15H2,1-2H3. The summed E-state index contributed by atoms with van der Waals surface area (Å²) in [6.45, 7) is 5.00. The minimum atomic E-state index is -3.30. The van der Waals surface area contributed by atoms with Crippen LogP contribution in [0.25, 0.3) is 0 Å². The number of benzene rings is 1. The molecule has 6 heteroatoms. The highest BCUT2D eigenvalue weighted by Gasteiger charge is 2.33. The Morgan fingerprint density at radius 3 is 2.65 bits per heavy atom. The van der Waals surface area contributed by atoms with Gasteiger partial charge in [-0.3, -0.25) is 0 Å². The van der Waals surface area contributed by atoms with Crippen molar-refractivity contribution in [3.05, 3.63) is 18.2 Å². The molecule has 0 saturated heterocycles. The minimum absolute atomic E-state index is 0.0412. The lowest BCUT2D eigenvalue weighted by molar-refractivity contribution is 0.0670. The summed E-state index contributed by atoms with van der Waals surface area (Å²) in [5.41, 5.74) is 5.87. The highest BCUT2D eigenvalue weighted by atomic mass is 32.2. The average Bonchev–Trinajstić information content (AvgIpc) is 2.46. The van der Waals surface area contributed by atoms with Gasteiger partial charge in [0.2, 0.25) is 0 Å². The van der Waals surface area contributed by atoms with Crippen molar-refractivity contribution in [2.75, 3.05) is 24.2 Å². The molecule has 1 heterocycles. The third-order valence-corrected chi connectivity index (χ3v) is 5.66. The molecule has 0 aromatic heterocycles. The van der Waals surface area contributed by atoms with Crippen molar-refractivity contribution in [1.82, 2.24) is 0 Å². The number of hydrogen-bond acceptors (Lipinski definition) is 5. The van der Waals surface area contributed by atoms with E-state index in [9.17, 15) is 8.42 Å². The van der Waals surface area contributed by atoms with Crippen LogP contribution in [0.15, 0.2) is 23.1 Å². The highest BCUT2D eigenvalue weighted by Crippen LogP contribution is 2.37. The molecule has 5 nitrogen and oxygen atoms in total. The van der Waals surface area contributed by atoms with Gasteiger partial charge in [0.25, 0.3) is 0 Å². The Morgan fingerprint density at radius 2 is 2.05 bits per heavy atom. The Kier molecular flexibility index (Phi) is 4.25. The van der Waals surface area contributed by atoms with Gasteiger partial charge < -0.3 is 15.8 Å². The molecule has 0 spiro atoms. The Balaban J connectivity index is 2.32. The predicted molar refractivity (Wildman–Crippen MR) is 80.0 cm³/mol. The fraction of sp³-hybridized carbons (Fsp3) is 0.571. The van der Waals surface area contributed by atoms with Gasteiger partial charge in [0, 0.05) is 6.54 Å². The first-order valence-electron chi connectivity index (χ1n) is 6.96. The molecule has 0 aliphatic carbocycles. The van der Waals surface area contributed by atoms with Crippen LogP contribution < -0.4 is 15.8 Å². The monoisotopic (exact) mass is 298 g/mol. The summed E-state index contributed by atoms with van der Waals surface area (Å²) in [7, 11) is -3.30. The van der Waals surface area contributed by atoms with Gasteiger partial charge in [0.15, 0.2) is 9.84 Å². The molecule has 3 N–H and O–H groups in total. The van der Waals surface area contributed by atoms with Gasteiger partial charge in [-0.25, -0.2) is 8.42 Å². The number of anilines is 1. The first-order chi connectivity index (χ1) is 9.46. The maximum Gasteiger partial charge on any atom is 0.179 e. The molecule has 1 aliphatic rings. The number of sulfone groups is 1. The van der Waals surface area contributed by atoms with Crippen molar-refractivity contribution >= 4 is 15.5 Å². The zero-order chi connectivity index (χ0) is 14.8. The summed E-state index contributed by atoms with van der Waals surface area (Å²) in [4.78, 5) is 0.290. The maximum absolute atomic E-state index is 12.0. The summed E-state index contributed by atoms with van der Waals surface area (Å²) in [5, 5.41) is 3.29. The lowest BCUT2D eigenvalue weighted by Crippen LogP contribution is -2.44. The molecule has 0 bridgehead atoms. The van der Waals surface area contributed by atoms with Crippen LogP contribution in [0.4, 0.5) is 5.69 Å². The van der Waals surface area contributed by atoms with Crippen LogP contribution in [0.3, 0.4) is 0 Å². The third kappa shape index (κ3) is 2.76. The lowest BCUT2D eigenvalue weighted by atomic mass is 9.95. The van der Waals surface area contributed by atoms with E-state index in [2.05, 4.69) is 19.2 Å². The van der Waals surface area contributed by atoms with Crippen LogP contribution in [-0.4, -0.2) is 32.9 Å². The number of fused-ring (bicyclic) bond motifs is 1. The van der Waals surface area contributed by atoms with Gasteiger partial charge >= 0.3 is 0 Å². The summed E-state index contributed by atoms with van der Waals surface area (Å²) < 4.78 is 30.1. The number of hydrogen-bond donors (Lipinski definition) is 2. The van der Waals surface area contributed by atoms with E-state index >= 15 is 0 Å². The zero-order valence-corrected chi connectivity index (χ0v) is 12.8. The molecule has 0 fully saturated rings. The van der Waals surface area contributed by atoms with Crippen LogP contribution in [0.2, 0.25) is 0 Å². The molecule has 0 saturated carbocycles. The van der Waals surface area contributed by atoms with Crippen molar-refractivity contribution in [2.45, 2.75) is 37.2 Å². The fourth-order valence-corrected chi connectivity index (χ4v) is 3.49. The van der Waals surface area contributed by atoms with Gasteiger partial charge in [-0.2, -0.15) is 0 Å². The SMILES string of the molecule is CCC1(CC)CNc2cc(S(=O)(=O)CCN)ccc2O1. The van der Waals surface area contributed by atoms with Gasteiger partial charge in [-0.1, -0.05) is 13.8 Å². The first-order valence-corrected chi connectivity index (χ1v) is 8.61. The highest BCUT2D eigenvalue weighted by molar-refractivity contribution is 7.91. The van der Waals surface area contributed by atoms with Crippen LogP contribution in [-0.2, 0) is 9.84 Å². The van der Waals surface area contributed by atoms with Gasteiger partial charge in [-0.05, 0) is 31.0 Å². The predicted octanol–water partition coefficient (Wildman–Crippen LogP) is 1.78. The van der Waals surface area contributed by atoms with Gasteiger partial charge in [0.1, 0.15) is 11.4 Å². The zero-order valence-electron chi connectivity index (χ0n) is 12.0. The van der Waals surface area contributed by atoms with E-state index in [1.165, 1.54) is 0 Å². The second-order valence-corrected chi connectivity index (χ2v) is 7.22. The van der Waals surface area contributed by atoms with E-state index in [0.29, 0.717) is 17.2 Å². The van der Waals surface area contributed by atoms with E-state index in [-0.39, 0.29) is 17.9 Å². The summed E-state index contributed by atoms with van der Waals surface area (Å²) >= 11 is 0. The molecular weight excluding hydrogens is 276 g/mol.